The van der Waals surface area contributed by atoms with Crippen molar-refractivity contribution in [2.24, 2.45) is 0 Å². The lowest BCUT2D eigenvalue weighted by Gasteiger charge is -2.31. The van der Waals surface area contributed by atoms with Gasteiger partial charge in [0.15, 0.2) is 6.10 Å². The minimum Gasteiger partial charge on any atom is -0.467 e. The molecule has 0 aromatic rings. The lowest BCUT2D eigenvalue weighted by Crippen LogP contribution is -2.47. The third-order valence-corrected chi connectivity index (χ3v) is 4.24. The molecule has 1 atom stereocenters. The largest absolute Gasteiger partial charge is 0.467 e. The van der Waals surface area contributed by atoms with Gasteiger partial charge in [-0.1, -0.05) is 19.3 Å². The molecule has 0 spiro atoms. The Morgan fingerprint density at radius 3 is 2.76 bits per heavy atom. The van der Waals surface area contributed by atoms with Gasteiger partial charge in [-0.3, -0.25) is 9.69 Å². The van der Waals surface area contributed by atoms with Crippen LogP contribution in [0.3, 0.4) is 0 Å². The predicted octanol–water partition coefficient (Wildman–Crippen LogP) is 0.699. The van der Waals surface area contributed by atoms with Crippen molar-refractivity contribution in [1.29, 1.82) is 0 Å². The van der Waals surface area contributed by atoms with Crippen LogP contribution in [0.5, 0.6) is 0 Å². The van der Waals surface area contributed by atoms with Crippen LogP contribution in [-0.2, 0) is 19.1 Å². The van der Waals surface area contributed by atoms with Gasteiger partial charge in [-0.05, 0) is 12.8 Å². The van der Waals surface area contributed by atoms with E-state index >= 15 is 0 Å². The molecular formula is C15H26N2O4. The van der Waals surface area contributed by atoms with Gasteiger partial charge in [0, 0.05) is 32.1 Å². The van der Waals surface area contributed by atoms with Crippen LogP contribution in [0.2, 0.25) is 0 Å². The van der Waals surface area contributed by atoms with Crippen LogP contribution in [-0.4, -0.2) is 62.3 Å². The van der Waals surface area contributed by atoms with E-state index < -0.39 is 6.10 Å². The van der Waals surface area contributed by atoms with Crippen molar-refractivity contribution in [3.05, 3.63) is 0 Å². The van der Waals surface area contributed by atoms with Crippen LogP contribution in [0.15, 0.2) is 0 Å². The zero-order valence-electron chi connectivity index (χ0n) is 12.8. The number of hydrogen-bond donors (Lipinski definition) is 1. The van der Waals surface area contributed by atoms with E-state index in [0.29, 0.717) is 32.2 Å². The predicted molar refractivity (Wildman–Crippen MR) is 77.8 cm³/mol. The number of amides is 1. The Hall–Kier alpha value is -1.14. The van der Waals surface area contributed by atoms with Crippen molar-refractivity contribution < 1.29 is 19.1 Å². The van der Waals surface area contributed by atoms with Crippen LogP contribution in [0.25, 0.3) is 0 Å². The summed E-state index contributed by atoms with van der Waals surface area (Å²) < 4.78 is 10.1. The van der Waals surface area contributed by atoms with Gasteiger partial charge in [-0.2, -0.15) is 0 Å². The van der Waals surface area contributed by atoms with Crippen molar-refractivity contribution in [1.82, 2.24) is 10.2 Å². The molecule has 0 radical (unpaired) electrons. The van der Waals surface area contributed by atoms with Gasteiger partial charge in [0.25, 0.3) is 0 Å². The molecule has 1 unspecified atom stereocenters. The monoisotopic (exact) mass is 298 g/mol. The molecule has 6 heteroatoms. The van der Waals surface area contributed by atoms with Gasteiger partial charge in [0.1, 0.15) is 0 Å². The summed E-state index contributed by atoms with van der Waals surface area (Å²) in [6.45, 7) is 2.42. The summed E-state index contributed by atoms with van der Waals surface area (Å²) in [6.07, 6.45) is 5.89. The second-order valence-electron chi connectivity index (χ2n) is 5.84. The topological polar surface area (TPSA) is 67.9 Å². The highest BCUT2D eigenvalue weighted by atomic mass is 16.6. The first-order chi connectivity index (χ1) is 10.2. The Labute approximate surface area is 126 Å². The average Bonchev–Trinajstić information content (AvgIpc) is 2.53. The Balaban J connectivity index is 1.67. The number of hydrogen-bond acceptors (Lipinski definition) is 5. The van der Waals surface area contributed by atoms with E-state index in [1.165, 1.54) is 26.4 Å². The number of nitrogens with one attached hydrogen (secondary N) is 1. The van der Waals surface area contributed by atoms with E-state index in [1.807, 2.05) is 0 Å². The number of esters is 1. The van der Waals surface area contributed by atoms with E-state index in [4.69, 9.17) is 9.47 Å². The molecule has 6 nitrogen and oxygen atoms in total. The van der Waals surface area contributed by atoms with Crippen molar-refractivity contribution in [3.63, 3.8) is 0 Å². The summed E-state index contributed by atoms with van der Waals surface area (Å²) in [5.41, 5.74) is 0. The summed E-state index contributed by atoms with van der Waals surface area (Å²) in [6, 6.07) is 0.360. The molecule has 120 valence electrons. The van der Waals surface area contributed by atoms with E-state index in [0.717, 1.165) is 19.4 Å². The summed E-state index contributed by atoms with van der Waals surface area (Å²) in [5, 5.41) is 3.12. The minimum atomic E-state index is -0.523. The first-order valence-electron chi connectivity index (χ1n) is 7.90. The van der Waals surface area contributed by atoms with Gasteiger partial charge < -0.3 is 14.8 Å². The molecule has 1 N–H and O–H groups in total. The molecule has 1 amide bonds. The fourth-order valence-corrected chi connectivity index (χ4v) is 2.99. The van der Waals surface area contributed by atoms with Gasteiger partial charge in [-0.25, -0.2) is 4.79 Å². The normalized spacial score (nSPS) is 24.5. The van der Waals surface area contributed by atoms with E-state index in [9.17, 15) is 9.59 Å². The summed E-state index contributed by atoms with van der Waals surface area (Å²) in [4.78, 5) is 25.5. The molecule has 1 saturated carbocycles. The van der Waals surface area contributed by atoms with Gasteiger partial charge in [0.2, 0.25) is 5.91 Å². The molecule has 1 heterocycles. The molecular weight excluding hydrogens is 272 g/mol. The first-order valence-corrected chi connectivity index (χ1v) is 7.90. The second-order valence-corrected chi connectivity index (χ2v) is 5.84. The van der Waals surface area contributed by atoms with Crippen molar-refractivity contribution >= 4 is 11.9 Å². The number of nitrogens with zero attached hydrogens (tertiary/aromatic N) is 1. The lowest BCUT2D eigenvalue weighted by atomic mass is 9.95. The van der Waals surface area contributed by atoms with Crippen LogP contribution >= 0.6 is 0 Å². The maximum atomic E-state index is 12.0. The zero-order valence-corrected chi connectivity index (χ0v) is 12.8. The van der Waals surface area contributed by atoms with Crippen LogP contribution in [0.1, 0.15) is 38.5 Å². The Bertz CT molecular complexity index is 356. The molecule has 0 aromatic heterocycles. The lowest BCUT2D eigenvalue weighted by molar-refractivity contribution is -0.159. The van der Waals surface area contributed by atoms with Gasteiger partial charge in [-0.15, -0.1) is 0 Å². The van der Waals surface area contributed by atoms with E-state index in [-0.39, 0.29) is 11.9 Å². The van der Waals surface area contributed by atoms with Crippen molar-refractivity contribution in [3.8, 4) is 0 Å². The fraction of sp³-hybridized carbons (Fsp3) is 0.867. The number of morpholine rings is 1. The molecule has 21 heavy (non-hydrogen) atoms. The van der Waals surface area contributed by atoms with Crippen LogP contribution in [0.4, 0.5) is 0 Å². The number of ether oxygens (including phenoxy) is 2. The average molecular weight is 298 g/mol. The highest BCUT2D eigenvalue weighted by molar-refractivity contribution is 5.76. The molecule has 2 fully saturated rings. The molecule has 2 aliphatic rings. The summed E-state index contributed by atoms with van der Waals surface area (Å²) >= 11 is 0. The third kappa shape index (κ3) is 5.28. The van der Waals surface area contributed by atoms with Gasteiger partial charge in [0.05, 0.1) is 13.7 Å². The number of methoxy groups -OCH3 is 1. The summed E-state index contributed by atoms with van der Waals surface area (Å²) in [7, 11) is 1.36. The maximum Gasteiger partial charge on any atom is 0.336 e. The highest BCUT2D eigenvalue weighted by Gasteiger charge is 2.27. The smallest absolute Gasteiger partial charge is 0.336 e. The molecule has 1 saturated heterocycles. The van der Waals surface area contributed by atoms with Crippen molar-refractivity contribution in [2.75, 3.05) is 33.4 Å². The second kappa shape index (κ2) is 8.34. The molecule has 0 aromatic carbocycles. The molecule has 1 aliphatic carbocycles. The highest BCUT2D eigenvalue weighted by Crippen LogP contribution is 2.17. The quantitative estimate of drug-likeness (QED) is 0.757. The summed E-state index contributed by atoms with van der Waals surface area (Å²) in [5.74, 6) is -0.227. The fourth-order valence-electron chi connectivity index (χ4n) is 2.99. The van der Waals surface area contributed by atoms with E-state index in [1.54, 1.807) is 0 Å². The van der Waals surface area contributed by atoms with Gasteiger partial charge >= 0.3 is 5.97 Å². The van der Waals surface area contributed by atoms with Crippen LogP contribution in [0, 0.1) is 0 Å². The minimum absolute atomic E-state index is 0.114. The van der Waals surface area contributed by atoms with Crippen LogP contribution < -0.4 is 5.32 Å². The SMILES string of the molecule is COC(=O)C1CN(CCC(=O)NC2CCCCC2)CCO1. The third-order valence-electron chi connectivity index (χ3n) is 4.24. The van der Waals surface area contributed by atoms with E-state index in [2.05, 4.69) is 10.2 Å². The number of rotatable bonds is 5. The maximum absolute atomic E-state index is 12.0. The van der Waals surface area contributed by atoms with Crippen molar-refractivity contribution in [2.45, 2.75) is 50.7 Å². The Morgan fingerprint density at radius 1 is 1.29 bits per heavy atom. The molecule has 1 aliphatic heterocycles. The number of carbonyl (C=O) groups excluding carboxylic acids is 2. The Kier molecular flexibility index (Phi) is 6.45. The first kappa shape index (κ1) is 16.2. The zero-order chi connectivity index (χ0) is 15.1. The number of carbonyl (C=O) groups is 2. The molecule has 0 bridgehead atoms. The standard InChI is InChI=1S/C15H26N2O4/c1-20-15(19)13-11-17(9-10-21-13)8-7-14(18)16-12-5-3-2-4-6-12/h12-13H,2-11H2,1H3,(H,16,18). The Morgan fingerprint density at radius 2 is 2.05 bits per heavy atom. The molecule has 2 rings (SSSR count).